The molecule has 2 aromatic rings. The van der Waals surface area contributed by atoms with Gasteiger partial charge in [-0.15, -0.1) is 0 Å². The van der Waals surface area contributed by atoms with Gasteiger partial charge in [-0.3, -0.25) is 0 Å². The number of imidazole rings is 1. The molecule has 0 bridgehead atoms. The second-order valence-corrected chi connectivity index (χ2v) is 5.87. The molecule has 4 nitrogen and oxygen atoms in total. The lowest BCUT2D eigenvalue weighted by molar-refractivity contribution is 0.409. The molecule has 0 fully saturated rings. The van der Waals surface area contributed by atoms with E-state index in [2.05, 4.69) is 29.9 Å². The van der Waals surface area contributed by atoms with Gasteiger partial charge >= 0.3 is 0 Å². The third-order valence-corrected chi connectivity index (χ3v) is 3.55. The lowest BCUT2D eigenvalue weighted by Crippen LogP contribution is -2.19. The number of nitrogens with two attached hydrogens (primary N) is 1. The van der Waals surface area contributed by atoms with Gasteiger partial charge in [0, 0.05) is 12.0 Å². The van der Waals surface area contributed by atoms with Gasteiger partial charge in [0.05, 0.1) is 23.5 Å². The average Bonchev–Trinajstić information content (AvgIpc) is 2.94. The van der Waals surface area contributed by atoms with Crippen molar-refractivity contribution in [2.24, 2.45) is 17.6 Å². The van der Waals surface area contributed by atoms with Gasteiger partial charge < -0.3 is 10.7 Å². The van der Waals surface area contributed by atoms with Crippen LogP contribution in [0.1, 0.15) is 31.7 Å². The fourth-order valence-corrected chi connectivity index (χ4v) is 2.57. The Morgan fingerprint density at radius 2 is 2.19 bits per heavy atom. The van der Waals surface area contributed by atoms with Gasteiger partial charge in [-0.1, -0.05) is 26.0 Å². The molecule has 2 rings (SSSR count). The summed E-state index contributed by atoms with van der Waals surface area (Å²) in [7, 11) is 0. The zero-order chi connectivity index (χ0) is 15.2. The fraction of sp³-hybridized carbons (Fsp3) is 0.412. The molecule has 1 heterocycles. The highest BCUT2D eigenvalue weighted by Gasteiger charge is 2.12. The van der Waals surface area contributed by atoms with Crippen molar-refractivity contribution in [1.29, 1.82) is 5.26 Å². The first-order valence-electron chi connectivity index (χ1n) is 7.36. The minimum Gasteiger partial charge on any atom is -0.342 e. The monoisotopic (exact) mass is 282 g/mol. The zero-order valence-electron chi connectivity index (χ0n) is 12.6. The van der Waals surface area contributed by atoms with Gasteiger partial charge in [0.1, 0.15) is 5.82 Å². The van der Waals surface area contributed by atoms with Crippen LogP contribution in [0.5, 0.6) is 0 Å². The maximum atomic E-state index is 8.96. The van der Waals surface area contributed by atoms with E-state index in [1.807, 2.05) is 24.4 Å². The number of nitrogens with one attached hydrogen (secondary N) is 1. The molecule has 0 aliphatic rings. The molecule has 3 N–H and O–H groups in total. The van der Waals surface area contributed by atoms with Crippen LogP contribution in [0.3, 0.4) is 0 Å². The van der Waals surface area contributed by atoms with Gasteiger partial charge in [-0.2, -0.15) is 5.26 Å². The molecule has 0 aliphatic heterocycles. The summed E-state index contributed by atoms with van der Waals surface area (Å²) in [5.74, 6) is 2.05. The molecule has 0 amide bonds. The Morgan fingerprint density at radius 3 is 2.86 bits per heavy atom. The first kappa shape index (κ1) is 15.3. The lowest BCUT2D eigenvalue weighted by atomic mass is 9.94. The normalized spacial score (nSPS) is 12.3. The number of hydrogen-bond acceptors (Lipinski definition) is 3. The quantitative estimate of drug-likeness (QED) is 0.854. The van der Waals surface area contributed by atoms with E-state index in [9.17, 15) is 0 Å². The Labute approximate surface area is 126 Å². The number of benzene rings is 1. The van der Waals surface area contributed by atoms with Crippen molar-refractivity contribution in [2.45, 2.75) is 26.7 Å². The highest BCUT2D eigenvalue weighted by molar-refractivity contribution is 5.60. The Hall–Kier alpha value is -2.12. The Balaban J connectivity index is 2.12. The third kappa shape index (κ3) is 4.17. The lowest BCUT2D eigenvalue weighted by Gasteiger charge is -2.15. The summed E-state index contributed by atoms with van der Waals surface area (Å²) < 4.78 is 0. The van der Waals surface area contributed by atoms with Crippen LogP contribution in [-0.2, 0) is 6.42 Å². The molecule has 1 atom stereocenters. The average molecular weight is 282 g/mol. The predicted octanol–water partition coefficient (Wildman–Crippen LogP) is 3.11. The molecule has 1 aromatic heterocycles. The van der Waals surface area contributed by atoms with Crippen LogP contribution in [0, 0.1) is 23.2 Å². The molecule has 1 unspecified atom stereocenters. The number of hydrogen-bond donors (Lipinski definition) is 2. The molecule has 0 saturated heterocycles. The van der Waals surface area contributed by atoms with Crippen LogP contribution in [0.2, 0.25) is 0 Å². The smallest absolute Gasteiger partial charge is 0.106 e. The number of aromatic amines is 1. The van der Waals surface area contributed by atoms with Gasteiger partial charge in [0.2, 0.25) is 0 Å². The van der Waals surface area contributed by atoms with E-state index >= 15 is 0 Å². The first-order chi connectivity index (χ1) is 10.1. The summed E-state index contributed by atoms with van der Waals surface area (Å²) in [6.45, 7) is 5.10. The molecule has 0 aliphatic carbocycles. The van der Waals surface area contributed by atoms with Crippen LogP contribution >= 0.6 is 0 Å². The molecule has 0 radical (unpaired) electrons. The van der Waals surface area contributed by atoms with Crippen LogP contribution in [0.4, 0.5) is 0 Å². The molecular weight excluding hydrogens is 260 g/mol. The van der Waals surface area contributed by atoms with Gasteiger partial charge in [0.25, 0.3) is 0 Å². The number of nitriles is 1. The van der Waals surface area contributed by atoms with Crippen LogP contribution in [-0.4, -0.2) is 16.5 Å². The highest BCUT2D eigenvalue weighted by atomic mass is 14.9. The summed E-state index contributed by atoms with van der Waals surface area (Å²) >= 11 is 0. The van der Waals surface area contributed by atoms with Crippen LogP contribution in [0.15, 0.2) is 30.5 Å². The van der Waals surface area contributed by atoms with Crippen molar-refractivity contribution in [2.75, 3.05) is 6.54 Å². The largest absolute Gasteiger partial charge is 0.342 e. The first-order valence-corrected chi connectivity index (χ1v) is 7.36. The van der Waals surface area contributed by atoms with Gasteiger partial charge in [-0.25, -0.2) is 4.98 Å². The third-order valence-electron chi connectivity index (χ3n) is 3.55. The van der Waals surface area contributed by atoms with Crippen molar-refractivity contribution < 1.29 is 0 Å². The zero-order valence-corrected chi connectivity index (χ0v) is 12.6. The van der Waals surface area contributed by atoms with E-state index < -0.39 is 0 Å². The molecule has 110 valence electrons. The number of aromatic nitrogens is 2. The van der Waals surface area contributed by atoms with Crippen LogP contribution < -0.4 is 5.73 Å². The second kappa shape index (κ2) is 7.05. The van der Waals surface area contributed by atoms with E-state index in [4.69, 9.17) is 11.0 Å². The highest BCUT2D eigenvalue weighted by Crippen LogP contribution is 2.20. The van der Waals surface area contributed by atoms with Gasteiger partial charge in [-0.05, 0) is 36.9 Å². The SMILES string of the molecule is CC(C)CC(CN)Cc1ncc(-c2cccc(C#N)c2)[nH]1. The van der Waals surface area contributed by atoms with Crippen molar-refractivity contribution in [3.63, 3.8) is 0 Å². The summed E-state index contributed by atoms with van der Waals surface area (Å²) in [6.07, 6.45) is 3.80. The topological polar surface area (TPSA) is 78.5 Å². The Bertz CT molecular complexity index is 622. The number of nitrogens with zero attached hydrogens (tertiary/aromatic N) is 2. The van der Waals surface area contributed by atoms with E-state index in [1.54, 1.807) is 6.07 Å². The number of rotatable bonds is 6. The van der Waals surface area contributed by atoms with E-state index in [1.165, 1.54) is 0 Å². The van der Waals surface area contributed by atoms with Crippen LogP contribution in [0.25, 0.3) is 11.3 Å². The van der Waals surface area contributed by atoms with E-state index in [-0.39, 0.29) is 0 Å². The maximum absolute atomic E-state index is 8.96. The molecular formula is C17H22N4. The van der Waals surface area contributed by atoms with E-state index in [0.29, 0.717) is 23.9 Å². The molecule has 21 heavy (non-hydrogen) atoms. The molecule has 0 saturated carbocycles. The molecule has 1 aromatic carbocycles. The minimum atomic E-state index is 0.453. The van der Waals surface area contributed by atoms with Gasteiger partial charge in [0.15, 0.2) is 0 Å². The standard InChI is InChI=1S/C17H22N4/c1-12(2)6-14(10-19)8-17-20-11-16(21-17)15-5-3-4-13(7-15)9-18/h3-5,7,11-12,14H,6,8,10,19H2,1-2H3,(H,20,21). The summed E-state index contributed by atoms with van der Waals surface area (Å²) in [5, 5.41) is 8.96. The van der Waals surface area contributed by atoms with Crippen molar-refractivity contribution in [1.82, 2.24) is 9.97 Å². The van der Waals surface area contributed by atoms with Crippen molar-refractivity contribution >= 4 is 0 Å². The molecule has 0 spiro atoms. The fourth-order valence-electron chi connectivity index (χ4n) is 2.57. The maximum Gasteiger partial charge on any atom is 0.106 e. The molecule has 4 heteroatoms. The predicted molar refractivity (Wildman–Crippen MR) is 84.4 cm³/mol. The van der Waals surface area contributed by atoms with E-state index in [0.717, 1.165) is 29.9 Å². The second-order valence-electron chi connectivity index (χ2n) is 5.87. The van der Waals surface area contributed by atoms with Crippen molar-refractivity contribution in [3.05, 3.63) is 41.9 Å². The Kier molecular flexibility index (Phi) is 5.13. The number of H-pyrrole nitrogens is 1. The summed E-state index contributed by atoms with van der Waals surface area (Å²) in [4.78, 5) is 7.79. The summed E-state index contributed by atoms with van der Waals surface area (Å²) in [6, 6.07) is 9.69. The summed E-state index contributed by atoms with van der Waals surface area (Å²) in [5.41, 5.74) is 8.44. The minimum absolute atomic E-state index is 0.453. The van der Waals surface area contributed by atoms with Crippen molar-refractivity contribution in [3.8, 4) is 17.3 Å². The Morgan fingerprint density at radius 1 is 1.38 bits per heavy atom.